The first-order valence-electron chi connectivity index (χ1n) is 5.86. The number of ether oxygens (including phenoxy) is 1. The minimum absolute atomic E-state index is 0. The summed E-state index contributed by atoms with van der Waals surface area (Å²) in [4.78, 5) is 10.6. The molecule has 0 aliphatic carbocycles. The number of nitrogens with one attached hydrogen (secondary N) is 1. The fourth-order valence-electron chi connectivity index (χ4n) is 1.32. The van der Waals surface area contributed by atoms with E-state index in [4.69, 9.17) is 9.84 Å². The van der Waals surface area contributed by atoms with Gasteiger partial charge in [-0.25, -0.2) is 4.79 Å². The molecule has 0 amide bonds. The number of carbonyl (C=O) groups is 1. The van der Waals surface area contributed by atoms with Gasteiger partial charge in [-0.05, 0) is 24.3 Å². The van der Waals surface area contributed by atoms with E-state index in [0.717, 1.165) is 0 Å². The maximum absolute atomic E-state index is 10.6. The number of hydrogen-bond acceptors (Lipinski definition) is 4. The topological polar surface area (TPSA) is 78.8 Å². The molecule has 19 heavy (non-hydrogen) atoms. The van der Waals surface area contributed by atoms with Crippen LogP contribution in [-0.4, -0.2) is 41.5 Å². The maximum Gasteiger partial charge on any atom is 0.335 e. The van der Waals surface area contributed by atoms with Crippen LogP contribution >= 0.6 is 12.4 Å². The van der Waals surface area contributed by atoms with Gasteiger partial charge in [0.2, 0.25) is 0 Å². The largest absolute Gasteiger partial charge is 0.491 e. The molecule has 0 saturated heterocycles. The van der Waals surface area contributed by atoms with E-state index >= 15 is 0 Å². The maximum atomic E-state index is 10.6. The summed E-state index contributed by atoms with van der Waals surface area (Å²) in [5, 5.41) is 21.4. The van der Waals surface area contributed by atoms with Crippen LogP contribution in [0.1, 0.15) is 24.2 Å². The van der Waals surface area contributed by atoms with Gasteiger partial charge in [0.15, 0.2) is 0 Å². The molecule has 0 bridgehead atoms. The van der Waals surface area contributed by atoms with Crippen LogP contribution in [0, 0.1) is 0 Å². The van der Waals surface area contributed by atoms with Gasteiger partial charge < -0.3 is 20.3 Å². The molecular formula is C13H20ClNO4. The van der Waals surface area contributed by atoms with Crippen LogP contribution in [0.25, 0.3) is 0 Å². The van der Waals surface area contributed by atoms with Gasteiger partial charge in [-0.3, -0.25) is 0 Å². The number of aromatic carboxylic acids is 1. The van der Waals surface area contributed by atoms with Gasteiger partial charge in [-0.1, -0.05) is 13.8 Å². The lowest BCUT2D eigenvalue weighted by Crippen LogP contribution is -2.35. The summed E-state index contributed by atoms with van der Waals surface area (Å²) in [7, 11) is 0. The van der Waals surface area contributed by atoms with Crippen molar-refractivity contribution in [1.29, 1.82) is 0 Å². The standard InChI is InChI=1S/C13H19NO4.ClH/c1-9(2)14-7-11(15)8-18-12-5-3-10(4-6-12)13(16)17;/h3-6,9,11,14-15H,7-8H2,1-2H3,(H,16,17);1H. The molecule has 0 aromatic heterocycles. The Morgan fingerprint density at radius 2 is 1.89 bits per heavy atom. The molecule has 0 saturated carbocycles. The second-order valence-corrected chi connectivity index (χ2v) is 4.36. The van der Waals surface area contributed by atoms with Crippen molar-refractivity contribution >= 4 is 18.4 Å². The number of aliphatic hydroxyl groups excluding tert-OH is 1. The molecule has 1 rings (SSSR count). The summed E-state index contributed by atoms with van der Waals surface area (Å²) in [6.45, 7) is 4.63. The zero-order chi connectivity index (χ0) is 13.5. The van der Waals surface area contributed by atoms with Gasteiger partial charge in [0.1, 0.15) is 18.5 Å². The van der Waals surface area contributed by atoms with Crippen LogP contribution in [0.5, 0.6) is 5.75 Å². The molecule has 6 heteroatoms. The number of hydrogen-bond donors (Lipinski definition) is 3. The average Bonchev–Trinajstić information content (AvgIpc) is 2.34. The van der Waals surface area contributed by atoms with E-state index in [-0.39, 0.29) is 24.6 Å². The lowest BCUT2D eigenvalue weighted by Gasteiger charge is -2.15. The Bertz CT molecular complexity index is 381. The Hall–Kier alpha value is -1.30. The third kappa shape index (κ3) is 7.00. The van der Waals surface area contributed by atoms with Crippen molar-refractivity contribution in [1.82, 2.24) is 5.32 Å². The Balaban J connectivity index is 0.00000324. The Morgan fingerprint density at radius 1 is 1.32 bits per heavy atom. The molecule has 3 N–H and O–H groups in total. The van der Waals surface area contributed by atoms with E-state index in [9.17, 15) is 9.90 Å². The highest BCUT2D eigenvalue weighted by Crippen LogP contribution is 2.12. The number of aliphatic hydroxyl groups is 1. The highest BCUT2D eigenvalue weighted by molar-refractivity contribution is 5.87. The van der Waals surface area contributed by atoms with Gasteiger partial charge in [-0.2, -0.15) is 0 Å². The monoisotopic (exact) mass is 289 g/mol. The molecule has 0 radical (unpaired) electrons. The number of halogens is 1. The van der Waals surface area contributed by atoms with Gasteiger partial charge >= 0.3 is 5.97 Å². The fourth-order valence-corrected chi connectivity index (χ4v) is 1.32. The summed E-state index contributed by atoms with van der Waals surface area (Å²) in [6, 6.07) is 6.40. The minimum atomic E-state index is -0.970. The summed E-state index contributed by atoms with van der Waals surface area (Å²) in [5.74, 6) is -0.425. The number of benzene rings is 1. The van der Waals surface area contributed by atoms with Crippen molar-refractivity contribution < 1.29 is 19.7 Å². The van der Waals surface area contributed by atoms with Gasteiger partial charge in [0, 0.05) is 12.6 Å². The molecule has 1 aromatic rings. The number of carboxylic acids is 1. The van der Waals surface area contributed by atoms with Crippen molar-refractivity contribution in [2.75, 3.05) is 13.2 Å². The zero-order valence-corrected chi connectivity index (χ0v) is 11.8. The smallest absolute Gasteiger partial charge is 0.335 e. The second kappa shape index (κ2) is 8.74. The fraction of sp³-hybridized carbons (Fsp3) is 0.462. The number of carboxylic acid groups (broad SMARTS) is 1. The van der Waals surface area contributed by atoms with E-state index in [1.165, 1.54) is 12.1 Å². The van der Waals surface area contributed by atoms with Gasteiger partial charge in [-0.15, -0.1) is 12.4 Å². The Kier molecular flexibility index (Phi) is 8.14. The Morgan fingerprint density at radius 3 is 2.37 bits per heavy atom. The molecule has 1 aromatic carbocycles. The van der Waals surface area contributed by atoms with E-state index in [1.54, 1.807) is 12.1 Å². The van der Waals surface area contributed by atoms with Crippen LogP contribution in [0.4, 0.5) is 0 Å². The lowest BCUT2D eigenvalue weighted by molar-refractivity contribution is 0.0696. The molecule has 0 spiro atoms. The van der Waals surface area contributed by atoms with E-state index in [1.807, 2.05) is 13.8 Å². The van der Waals surface area contributed by atoms with E-state index < -0.39 is 12.1 Å². The van der Waals surface area contributed by atoms with Crippen LogP contribution in [0.3, 0.4) is 0 Å². The molecule has 0 aliphatic heterocycles. The molecule has 0 fully saturated rings. The SMILES string of the molecule is CC(C)NCC(O)COc1ccc(C(=O)O)cc1.Cl. The highest BCUT2D eigenvalue weighted by atomic mass is 35.5. The van der Waals surface area contributed by atoms with Crippen molar-refractivity contribution in [2.45, 2.75) is 26.0 Å². The molecular weight excluding hydrogens is 270 g/mol. The van der Waals surface area contributed by atoms with Crippen LogP contribution < -0.4 is 10.1 Å². The predicted molar refractivity (Wildman–Crippen MR) is 75.3 cm³/mol. The third-order valence-corrected chi connectivity index (χ3v) is 2.31. The van der Waals surface area contributed by atoms with Gasteiger partial charge in [0.25, 0.3) is 0 Å². The van der Waals surface area contributed by atoms with Crippen molar-refractivity contribution in [3.05, 3.63) is 29.8 Å². The number of rotatable bonds is 7. The summed E-state index contributed by atoms with van der Waals surface area (Å²) in [6.07, 6.45) is -0.591. The normalized spacial score (nSPS) is 11.8. The third-order valence-electron chi connectivity index (χ3n) is 2.31. The van der Waals surface area contributed by atoms with Crippen LogP contribution in [-0.2, 0) is 0 Å². The first kappa shape index (κ1) is 17.7. The molecule has 1 atom stereocenters. The molecule has 5 nitrogen and oxygen atoms in total. The van der Waals surface area contributed by atoms with Gasteiger partial charge in [0.05, 0.1) is 5.56 Å². The van der Waals surface area contributed by atoms with Crippen LogP contribution in [0.15, 0.2) is 24.3 Å². The molecule has 0 heterocycles. The predicted octanol–water partition coefficient (Wildman–Crippen LogP) is 1.54. The Labute approximate surface area is 119 Å². The first-order valence-corrected chi connectivity index (χ1v) is 5.86. The van der Waals surface area contributed by atoms with Crippen molar-refractivity contribution in [3.63, 3.8) is 0 Å². The summed E-state index contributed by atoms with van der Waals surface area (Å²) >= 11 is 0. The second-order valence-electron chi connectivity index (χ2n) is 4.36. The summed E-state index contributed by atoms with van der Waals surface area (Å²) in [5.41, 5.74) is 0.212. The van der Waals surface area contributed by atoms with Crippen LogP contribution in [0.2, 0.25) is 0 Å². The summed E-state index contributed by atoms with van der Waals surface area (Å²) < 4.78 is 5.35. The molecule has 108 valence electrons. The highest BCUT2D eigenvalue weighted by Gasteiger charge is 2.07. The first-order chi connectivity index (χ1) is 8.49. The molecule has 0 aliphatic rings. The van der Waals surface area contributed by atoms with Crippen molar-refractivity contribution in [3.8, 4) is 5.75 Å². The average molecular weight is 290 g/mol. The van der Waals surface area contributed by atoms with E-state index in [0.29, 0.717) is 18.3 Å². The lowest BCUT2D eigenvalue weighted by atomic mass is 10.2. The minimum Gasteiger partial charge on any atom is -0.491 e. The quantitative estimate of drug-likeness (QED) is 0.710. The zero-order valence-electron chi connectivity index (χ0n) is 11.0. The van der Waals surface area contributed by atoms with Crippen molar-refractivity contribution in [2.24, 2.45) is 0 Å². The van der Waals surface area contributed by atoms with E-state index in [2.05, 4.69) is 5.32 Å². The molecule has 1 unspecified atom stereocenters.